The van der Waals surface area contributed by atoms with Gasteiger partial charge in [0, 0.05) is 17.8 Å². The van der Waals surface area contributed by atoms with Gasteiger partial charge >= 0.3 is 0 Å². The zero-order chi connectivity index (χ0) is 10.7. The van der Waals surface area contributed by atoms with E-state index in [4.69, 9.17) is 5.73 Å². The lowest BCUT2D eigenvalue weighted by Gasteiger charge is -2.03. The van der Waals surface area contributed by atoms with E-state index in [-0.39, 0.29) is 6.04 Å². The van der Waals surface area contributed by atoms with Gasteiger partial charge < -0.3 is 5.73 Å². The zero-order valence-electron chi connectivity index (χ0n) is 8.80. The Kier molecular flexibility index (Phi) is 2.83. The average Bonchev–Trinajstić information content (AvgIpc) is 2.67. The van der Waals surface area contributed by atoms with E-state index in [0.29, 0.717) is 0 Å². The van der Waals surface area contributed by atoms with Crippen LogP contribution >= 0.6 is 0 Å². The van der Waals surface area contributed by atoms with E-state index in [1.807, 2.05) is 42.2 Å². The third kappa shape index (κ3) is 2.44. The molecule has 2 aromatic rings. The van der Waals surface area contributed by atoms with Crippen LogP contribution in [0.3, 0.4) is 0 Å². The average molecular weight is 201 g/mol. The number of rotatable bonds is 3. The third-order valence-electron chi connectivity index (χ3n) is 2.22. The molecular weight excluding hydrogens is 186 g/mol. The van der Waals surface area contributed by atoms with Gasteiger partial charge in [-0.2, -0.15) is 5.10 Å². The van der Waals surface area contributed by atoms with Gasteiger partial charge in [0.05, 0.1) is 12.7 Å². The predicted molar refractivity (Wildman–Crippen MR) is 61.3 cm³/mol. The smallest absolute Gasteiger partial charge is 0.0568 e. The highest BCUT2D eigenvalue weighted by molar-refractivity contribution is 5.61. The van der Waals surface area contributed by atoms with Crippen LogP contribution in [0, 0.1) is 0 Å². The van der Waals surface area contributed by atoms with E-state index in [2.05, 4.69) is 17.2 Å². The first-order valence-corrected chi connectivity index (χ1v) is 5.09. The van der Waals surface area contributed by atoms with Crippen molar-refractivity contribution in [3.05, 3.63) is 42.7 Å². The first-order valence-electron chi connectivity index (χ1n) is 5.09. The second-order valence-corrected chi connectivity index (χ2v) is 3.79. The van der Waals surface area contributed by atoms with Crippen molar-refractivity contribution in [2.45, 2.75) is 19.5 Å². The largest absolute Gasteiger partial charge is 0.326 e. The summed E-state index contributed by atoms with van der Waals surface area (Å²) in [6, 6.07) is 10.3. The molecule has 0 amide bonds. The van der Waals surface area contributed by atoms with Crippen LogP contribution in [-0.2, 0) is 6.54 Å². The molecule has 1 aromatic carbocycles. The fourth-order valence-electron chi connectivity index (χ4n) is 1.54. The molecule has 0 spiro atoms. The summed E-state index contributed by atoms with van der Waals surface area (Å²) in [6.45, 7) is 2.73. The molecule has 0 unspecified atom stereocenters. The lowest BCUT2D eigenvalue weighted by atomic mass is 10.1. The summed E-state index contributed by atoms with van der Waals surface area (Å²) in [5, 5.41) is 4.27. The van der Waals surface area contributed by atoms with E-state index in [1.54, 1.807) is 0 Å². The monoisotopic (exact) mass is 201 g/mol. The number of hydrogen-bond donors (Lipinski definition) is 1. The third-order valence-corrected chi connectivity index (χ3v) is 2.22. The van der Waals surface area contributed by atoms with Crippen LogP contribution in [0.25, 0.3) is 11.1 Å². The number of aromatic nitrogens is 2. The highest BCUT2D eigenvalue weighted by Gasteiger charge is 2.02. The van der Waals surface area contributed by atoms with Crippen LogP contribution in [0.5, 0.6) is 0 Å². The maximum Gasteiger partial charge on any atom is 0.0568 e. The van der Waals surface area contributed by atoms with E-state index in [1.165, 1.54) is 5.56 Å². The van der Waals surface area contributed by atoms with Crippen molar-refractivity contribution in [3.8, 4) is 11.1 Å². The van der Waals surface area contributed by atoms with Gasteiger partial charge in [0.2, 0.25) is 0 Å². The van der Waals surface area contributed by atoms with Crippen molar-refractivity contribution < 1.29 is 0 Å². The van der Waals surface area contributed by atoms with Crippen molar-refractivity contribution >= 4 is 0 Å². The molecule has 3 heteroatoms. The number of nitrogens with zero attached hydrogens (tertiary/aromatic N) is 2. The second kappa shape index (κ2) is 4.28. The fourth-order valence-corrected chi connectivity index (χ4v) is 1.54. The quantitative estimate of drug-likeness (QED) is 0.824. The number of benzene rings is 1. The highest BCUT2D eigenvalue weighted by atomic mass is 15.3. The van der Waals surface area contributed by atoms with Crippen LogP contribution in [0.1, 0.15) is 6.92 Å². The minimum Gasteiger partial charge on any atom is -0.326 e. The molecule has 0 aliphatic carbocycles. The molecule has 1 atom stereocenters. The predicted octanol–water partition coefficient (Wildman–Crippen LogP) is 1.90. The molecule has 0 aliphatic heterocycles. The second-order valence-electron chi connectivity index (χ2n) is 3.79. The Morgan fingerprint density at radius 3 is 2.67 bits per heavy atom. The fraction of sp³-hybridized carbons (Fsp3) is 0.250. The first kappa shape index (κ1) is 9.93. The van der Waals surface area contributed by atoms with E-state index in [0.717, 1.165) is 12.1 Å². The maximum absolute atomic E-state index is 5.71. The van der Waals surface area contributed by atoms with Crippen LogP contribution < -0.4 is 5.73 Å². The summed E-state index contributed by atoms with van der Waals surface area (Å²) in [5.41, 5.74) is 8.04. The Bertz CT molecular complexity index is 417. The summed E-state index contributed by atoms with van der Waals surface area (Å²) in [7, 11) is 0. The Labute approximate surface area is 89.5 Å². The van der Waals surface area contributed by atoms with Crippen molar-refractivity contribution in [3.63, 3.8) is 0 Å². The SMILES string of the molecule is C[C@H](N)Cn1cc(-c2ccccc2)cn1. The lowest BCUT2D eigenvalue weighted by Crippen LogP contribution is -2.22. The molecule has 0 aliphatic rings. The van der Waals surface area contributed by atoms with Gasteiger partial charge in [-0.1, -0.05) is 30.3 Å². The Hall–Kier alpha value is -1.61. The minimum absolute atomic E-state index is 0.133. The first-order chi connectivity index (χ1) is 7.25. The molecule has 3 nitrogen and oxygen atoms in total. The van der Waals surface area contributed by atoms with Crippen molar-refractivity contribution in [2.24, 2.45) is 5.73 Å². The Morgan fingerprint density at radius 2 is 2.00 bits per heavy atom. The van der Waals surface area contributed by atoms with Gasteiger partial charge in [0.15, 0.2) is 0 Å². The number of nitrogens with two attached hydrogens (primary N) is 1. The number of hydrogen-bond acceptors (Lipinski definition) is 2. The highest BCUT2D eigenvalue weighted by Crippen LogP contribution is 2.17. The molecule has 1 heterocycles. The van der Waals surface area contributed by atoms with Gasteiger partial charge in [0.25, 0.3) is 0 Å². The van der Waals surface area contributed by atoms with Gasteiger partial charge in [-0.25, -0.2) is 0 Å². The van der Waals surface area contributed by atoms with E-state index < -0.39 is 0 Å². The molecule has 0 fully saturated rings. The van der Waals surface area contributed by atoms with Gasteiger partial charge in [-0.3, -0.25) is 4.68 Å². The van der Waals surface area contributed by atoms with Crippen LogP contribution in [-0.4, -0.2) is 15.8 Å². The van der Waals surface area contributed by atoms with Crippen molar-refractivity contribution in [1.29, 1.82) is 0 Å². The molecule has 2 N–H and O–H groups in total. The Balaban J connectivity index is 2.21. The minimum atomic E-state index is 0.133. The summed E-state index contributed by atoms with van der Waals surface area (Å²) >= 11 is 0. The zero-order valence-corrected chi connectivity index (χ0v) is 8.80. The summed E-state index contributed by atoms with van der Waals surface area (Å²) < 4.78 is 1.88. The molecule has 78 valence electrons. The van der Waals surface area contributed by atoms with Crippen molar-refractivity contribution in [2.75, 3.05) is 0 Å². The maximum atomic E-state index is 5.71. The molecule has 0 radical (unpaired) electrons. The molecule has 2 rings (SSSR count). The van der Waals surface area contributed by atoms with Crippen LogP contribution in [0.15, 0.2) is 42.7 Å². The lowest BCUT2D eigenvalue weighted by molar-refractivity contribution is 0.539. The molecular formula is C12H15N3. The molecule has 0 saturated carbocycles. The van der Waals surface area contributed by atoms with Crippen LogP contribution in [0.2, 0.25) is 0 Å². The molecule has 0 saturated heterocycles. The summed E-state index contributed by atoms with van der Waals surface area (Å²) in [5.74, 6) is 0. The molecule has 1 aromatic heterocycles. The van der Waals surface area contributed by atoms with Gasteiger partial charge in [0.1, 0.15) is 0 Å². The van der Waals surface area contributed by atoms with Gasteiger partial charge in [-0.05, 0) is 12.5 Å². The van der Waals surface area contributed by atoms with Gasteiger partial charge in [-0.15, -0.1) is 0 Å². The molecule has 0 bridgehead atoms. The Morgan fingerprint density at radius 1 is 1.27 bits per heavy atom. The van der Waals surface area contributed by atoms with E-state index >= 15 is 0 Å². The normalized spacial score (nSPS) is 12.7. The summed E-state index contributed by atoms with van der Waals surface area (Å²) in [6.07, 6.45) is 3.90. The molecule has 15 heavy (non-hydrogen) atoms. The standard InChI is InChI=1S/C12H15N3/c1-10(13)8-15-9-12(7-14-15)11-5-3-2-4-6-11/h2-7,9-10H,8,13H2,1H3/t10-/m0/s1. The summed E-state index contributed by atoms with van der Waals surface area (Å²) in [4.78, 5) is 0. The van der Waals surface area contributed by atoms with Crippen LogP contribution in [0.4, 0.5) is 0 Å². The van der Waals surface area contributed by atoms with E-state index in [9.17, 15) is 0 Å². The van der Waals surface area contributed by atoms with Crippen molar-refractivity contribution in [1.82, 2.24) is 9.78 Å². The topological polar surface area (TPSA) is 43.8 Å².